The van der Waals surface area contributed by atoms with E-state index < -0.39 is 16.1 Å². The maximum Gasteiger partial charge on any atom is 0.241 e. The average Bonchev–Trinajstić information content (AvgIpc) is 2.37. The molecule has 0 aromatic heterocycles. The van der Waals surface area contributed by atoms with Gasteiger partial charge in [-0.2, -0.15) is 4.72 Å². The van der Waals surface area contributed by atoms with Gasteiger partial charge in [0.25, 0.3) is 0 Å². The average molecular weight is 286 g/mol. The van der Waals surface area contributed by atoms with E-state index in [0.29, 0.717) is 5.75 Å². The van der Waals surface area contributed by atoms with Gasteiger partial charge in [0.1, 0.15) is 5.75 Å². The van der Waals surface area contributed by atoms with Crippen LogP contribution in [0.2, 0.25) is 0 Å². The Kier molecular flexibility index (Phi) is 4.90. The minimum atomic E-state index is -3.72. The normalized spacial score (nSPS) is 12.8. The minimum Gasteiger partial charge on any atom is -0.497 e. The summed E-state index contributed by atoms with van der Waals surface area (Å²) in [5.41, 5.74) is 0. The molecule has 1 aromatic carbocycles. The minimum absolute atomic E-state index is 0.0895. The van der Waals surface area contributed by atoms with Crippen LogP contribution in [0, 0.1) is 0 Å². The lowest BCUT2D eigenvalue weighted by Gasteiger charge is -2.18. The van der Waals surface area contributed by atoms with Crippen molar-refractivity contribution in [2.24, 2.45) is 0 Å². The smallest absolute Gasteiger partial charge is 0.241 e. The third-order valence-electron chi connectivity index (χ3n) is 2.51. The van der Waals surface area contributed by atoms with Crippen LogP contribution in [0.25, 0.3) is 0 Å². The number of hydrogen-bond donors (Lipinski definition) is 1. The zero-order valence-corrected chi connectivity index (χ0v) is 12.2. The second-order valence-electron chi connectivity index (χ2n) is 4.25. The standard InChI is InChI=1S/C12H18N2O4S/c1-9(12(15)14(2)3)13-19(16,17)11-7-5-10(18-4)6-8-11/h5-9,13H,1-4H3. The highest BCUT2D eigenvalue weighted by molar-refractivity contribution is 7.89. The van der Waals surface area contributed by atoms with Crippen molar-refractivity contribution in [1.82, 2.24) is 9.62 Å². The van der Waals surface area contributed by atoms with Gasteiger partial charge in [-0.1, -0.05) is 0 Å². The zero-order chi connectivity index (χ0) is 14.6. The summed E-state index contributed by atoms with van der Waals surface area (Å²) < 4.78 is 31.4. The number of hydrogen-bond acceptors (Lipinski definition) is 4. The molecule has 0 heterocycles. The lowest BCUT2D eigenvalue weighted by atomic mass is 10.3. The molecule has 0 aliphatic carbocycles. The first-order valence-electron chi connectivity index (χ1n) is 5.65. The molecule has 0 radical (unpaired) electrons. The fourth-order valence-electron chi connectivity index (χ4n) is 1.49. The van der Waals surface area contributed by atoms with Gasteiger partial charge in [0.15, 0.2) is 0 Å². The van der Waals surface area contributed by atoms with Gasteiger partial charge in [0.05, 0.1) is 18.0 Å². The first kappa shape index (κ1) is 15.5. The van der Waals surface area contributed by atoms with E-state index >= 15 is 0 Å². The zero-order valence-electron chi connectivity index (χ0n) is 11.4. The highest BCUT2D eigenvalue weighted by Crippen LogP contribution is 2.15. The molecule has 1 atom stereocenters. The molecule has 1 unspecified atom stereocenters. The van der Waals surface area contributed by atoms with E-state index in [1.54, 1.807) is 26.2 Å². The van der Waals surface area contributed by atoms with Crippen LogP contribution in [-0.2, 0) is 14.8 Å². The molecule has 0 aliphatic heterocycles. The van der Waals surface area contributed by atoms with Crippen molar-refractivity contribution in [3.05, 3.63) is 24.3 Å². The van der Waals surface area contributed by atoms with Crippen molar-refractivity contribution >= 4 is 15.9 Å². The topological polar surface area (TPSA) is 75.7 Å². The summed E-state index contributed by atoms with van der Waals surface area (Å²) in [6.45, 7) is 1.50. The molecule has 106 valence electrons. The first-order chi connectivity index (χ1) is 8.77. The summed E-state index contributed by atoms with van der Waals surface area (Å²) in [5.74, 6) is 0.258. The number of amides is 1. The van der Waals surface area contributed by atoms with Crippen LogP contribution in [0.15, 0.2) is 29.2 Å². The Morgan fingerprint density at radius 3 is 2.21 bits per heavy atom. The number of carbonyl (C=O) groups excluding carboxylic acids is 1. The van der Waals surface area contributed by atoms with E-state index in [1.165, 1.54) is 31.1 Å². The van der Waals surface area contributed by atoms with Gasteiger partial charge in [0, 0.05) is 14.1 Å². The molecule has 1 amide bonds. The van der Waals surface area contributed by atoms with E-state index in [-0.39, 0.29) is 10.8 Å². The van der Waals surface area contributed by atoms with Crippen molar-refractivity contribution < 1.29 is 17.9 Å². The molecule has 0 bridgehead atoms. The number of nitrogens with one attached hydrogen (secondary N) is 1. The van der Waals surface area contributed by atoms with E-state index in [0.717, 1.165) is 0 Å². The number of nitrogens with zero attached hydrogens (tertiary/aromatic N) is 1. The fraction of sp³-hybridized carbons (Fsp3) is 0.417. The fourth-order valence-corrected chi connectivity index (χ4v) is 2.69. The lowest BCUT2D eigenvalue weighted by Crippen LogP contribution is -2.44. The number of methoxy groups -OCH3 is 1. The second-order valence-corrected chi connectivity index (χ2v) is 5.97. The highest BCUT2D eigenvalue weighted by atomic mass is 32.2. The Bertz CT molecular complexity index is 537. The summed E-state index contributed by atoms with van der Waals surface area (Å²) in [6, 6.07) is 5.13. The molecule has 7 heteroatoms. The molecule has 19 heavy (non-hydrogen) atoms. The summed E-state index contributed by atoms with van der Waals surface area (Å²) in [7, 11) is 0.923. The van der Waals surface area contributed by atoms with E-state index in [1.807, 2.05) is 0 Å². The Morgan fingerprint density at radius 1 is 1.26 bits per heavy atom. The van der Waals surface area contributed by atoms with Gasteiger partial charge < -0.3 is 9.64 Å². The van der Waals surface area contributed by atoms with Crippen LogP contribution in [-0.4, -0.2) is 46.5 Å². The van der Waals surface area contributed by atoms with Gasteiger partial charge in [-0.3, -0.25) is 4.79 Å². The van der Waals surface area contributed by atoms with Crippen molar-refractivity contribution in [2.75, 3.05) is 21.2 Å². The number of sulfonamides is 1. The highest BCUT2D eigenvalue weighted by Gasteiger charge is 2.22. The third-order valence-corrected chi connectivity index (χ3v) is 4.07. The van der Waals surface area contributed by atoms with Gasteiger partial charge in [-0.15, -0.1) is 0 Å². The summed E-state index contributed by atoms with van der Waals surface area (Å²) in [4.78, 5) is 13.1. The molecule has 0 fully saturated rings. The molecule has 0 saturated heterocycles. The van der Waals surface area contributed by atoms with Gasteiger partial charge in [0.2, 0.25) is 15.9 Å². The van der Waals surface area contributed by atoms with Gasteiger partial charge in [-0.25, -0.2) is 8.42 Å². The molecule has 1 aromatic rings. The Balaban J connectivity index is 2.89. The number of likely N-dealkylation sites (N-methyl/N-ethyl adjacent to an activating group) is 1. The molecule has 6 nitrogen and oxygen atoms in total. The largest absolute Gasteiger partial charge is 0.497 e. The van der Waals surface area contributed by atoms with Crippen LogP contribution in [0.4, 0.5) is 0 Å². The van der Waals surface area contributed by atoms with Gasteiger partial charge in [-0.05, 0) is 31.2 Å². The monoisotopic (exact) mass is 286 g/mol. The summed E-state index contributed by atoms with van der Waals surface area (Å²) in [6.07, 6.45) is 0. The van der Waals surface area contributed by atoms with Crippen molar-refractivity contribution in [1.29, 1.82) is 0 Å². The molecule has 1 rings (SSSR count). The number of benzene rings is 1. The molecule has 0 spiro atoms. The first-order valence-corrected chi connectivity index (χ1v) is 7.14. The van der Waals surface area contributed by atoms with Gasteiger partial charge >= 0.3 is 0 Å². The number of ether oxygens (including phenoxy) is 1. The van der Waals surface area contributed by atoms with Crippen LogP contribution in [0.3, 0.4) is 0 Å². The second kappa shape index (κ2) is 6.03. The predicted molar refractivity (Wildman–Crippen MR) is 71.5 cm³/mol. The predicted octanol–water partition coefficient (Wildman–Crippen LogP) is 0.450. The quantitative estimate of drug-likeness (QED) is 0.852. The third kappa shape index (κ3) is 3.93. The lowest BCUT2D eigenvalue weighted by molar-refractivity contribution is -0.130. The van der Waals surface area contributed by atoms with E-state index in [2.05, 4.69) is 4.72 Å². The summed E-state index contributed by atoms with van der Waals surface area (Å²) in [5, 5.41) is 0. The molecule has 1 N–H and O–H groups in total. The summed E-state index contributed by atoms with van der Waals surface area (Å²) >= 11 is 0. The van der Waals surface area contributed by atoms with E-state index in [9.17, 15) is 13.2 Å². The maximum atomic E-state index is 12.0. The van der Waals surface area contributed by atoms with Crippen LogP contribution in [0.5, 0.6) is 5.75 Å². The van der Waals surface area contributed by atoms with Crippen LogP contribution < -0.4 is 9.46 Å². The van der Waals surface area contributed by atoms with Crippen molar-refractivity contribution in [3.8, 4) is 5.75 Å². The Morgan fingerprint density at radius 2 is 1.79 bits per heavy atom. The Hall–Kier alpha value is -1.60. The van der Waals surface area contributed by atoms with Crippen LogP contribution >= 0.6 is 0 Å². The molecule has 0 aliphatic rings. The molecular weight excluding hydrogens is 268 g/mol. The number of carbonyl (C=O) groups is 1. The van der Waals surface area contributed by atoms with E-state index in [4.69, 9.17) is 4.74 Å². The SMILES string of the molecule is COc1ccc(S(=O)(=O)NC(C)C(=O)N(C)C)cc1. The van der Waals surface area contributed by atoms with Crippen LogP contribution in [0.1, 0.15) is 6.92 Å². The van der Waals surface area contributed by atoms with Crippen molar-refractivity contribution in [2.45, 2.75) is 17.9 Å². The number of rotatable bonds is 5. The molecule has 0 saturated carbocycles. The maximum absolute atomic E-state index is 12.0. The molecular formula is C12H18N2O4S. The Labute approximate surface area is 113 Å². The van der Waals surface area contributed by atoms with Crippen molar-refractivity contribution in [3.63, 3.8) is 0 Å².